The van der Waals surface area contributed by atoms with Gasteiger partial charge in [-0.3, -0.25) is 4.90 Å². The van der Waals surface area contributed by atoms with Gasteiger partial charge in [0, 0.05) is 24.2 Å². The molecule has 0 aromatic carbocycles. The minimum Gasteiger partial charge on any atom is -0.315 e. The van der Waals surface area contributed by atoms with Gasteiger partial charge in [0.1, 0.15) is 5.01 Å². The van der Waals surface area contributed by atoms with Crippen molar-refractivity contribution in [1.29, 1.82) is 0 Å². The van der Waals surface area contributed by atoms with Crippen LogP contribution in [0.3, 0.4) is 0 Å². The van der Waals surface area contributed by atoms with Gasteiger partial charge in [0.05, 0.1) is 6.54 Å². The lowest BCUT2D eigenvalue weighted by Crippen LogP contribution is -2.45. The summed E-state index contributed by atoms with van der Waals surface area (Å²) in [6, 6.07) is 0.696. The Morgan fingerprint density at radius 3 is 3.11 bits per heavy atom. The molecule has 102 valence electrons. The van der Waals surface area contributed by atoms with Gasteiger partial charge in [0.25, 0.3) is 0 Å². The summed E-state index contributed by atoms with van der Waals surface area (Å²) in [5, 5.41) is 6.94. The summed E-state index contributed by atoms with van der Waals surface area (Å²) in [6.07, 6.45) is 5.96. The first kappa shape index (κ1) is 14.0. The highest BCUT2D eigenvalue weighted by molar-refractivity contribution is 7.09. The molecule has 1 aliphatic rings. The van der Waals surface area contributed by atoms with Crippen molar-refractivity contribution >= 4 is 11.3 Å². The van der Waals surface area contributed by atoms with Gasteiger partial charge in [-0.1, -0.05) is 20.3 Å². The van der Waals surface area contributed by atoms with E-state index in [4.69, 9.17) is 0 Å². The summed E-state index contributed by atoms with van der Waals surface area (Å²) in [5.41, 5.74) is 0. The van der Waals surface area contributed by atoms with Gasteiger partial charge in [0.15, 0.2) is 0 Å². The van der Waals surface area contributed by atoms with E-state index in [9.17, 15) is 0 Å². The average molecular weight is 267 g/mol. The van der Waals surface area contributed by atoms with Gasteiger partial charge in [0.2, 0.25) is 0 Å². The van der Waals surface area contributed by atoms with Crippen LogP contribution < -0.4 is 5.32 Å². The van der Waals surface area contributed by atoms with Crippen molar-refractivity contribution in [2.75, 3.05) is 19.6 Å². The number of aromatic nitrogens is 1. The number of nitrogens with one attached hydrogen (secondary N) is 1. The molecule has 0 radical (unpaired) electrons. The lowest BCUT2D eigenvalue weighted by molar-refractivity contribution is 0.136. The number of thiazole rings is 1. The Morgan fingerprint density at radius 1 is 1.50 bits per heavy atom. The third kappa shape index (κ3) is 4.34. The fraction of sp³-hybridized carbons (Fsp3) is 0.786. The number of hydrogen-bond donors (Lipinski definition) is 1. The maximum atomic E-state index is 4.41. The molecule has 2 rings (SSSR count). The van der Waals surface area contributed by atoms with Gasteiger partial charge in [-0.15, -0.1) is 11.3 Å². The molecule has 3 nitrogen and oxygen atoms in total. The molecule has 0 aliphatic carbocycles. The third-order valence-corrected chi connectivity index (χ3v) is 4.27. The predicted octanol–water partition coefficient (Wildman–Crippen LogP) is 2.74. The molecule has 1 N–H and O–H groups in total. The van der Waals surface area contributed by atoms with Crippen LogP contribution in [0.5, 0.6) is 0 Å². The molecule has 1 aromatic heterocycles. The van der Waals surface area contributed by atoms with Gasteiger partial charge >= 0.3 is 0 Å². The molecule has 0 saturated carbocycles. The van der Waals surface area contributed by atoms with Crippen LogP contribution in [0.1, 0.15) is 38.1 Å². The number of hydrogen-bond acceptors (Lipinski definition) is 4. The number of nitrogens with zero attached hydrogens (tertiary/aromatic N) is 2. The van der Waals surface area contributed by atoms with Crippen LogP contribution in [0.2, 0.25) is 0 Å². The quantitative estimate of drug-likeness (QED) is 0.859. The Bertz CT molecular complexity index is 324. The van der Waals surface area contributed by atoms with Crippen LogP contribution >= 0.6 is 11.3 Å². The minimum atomic E-state index is 0.696. The fourth-order valence-corrected chi connectivity index (χ4v) is 3.18. The number of rotatable bonds is 6. The van der Waals surface area contributed by atoms with E-state index >= 15 is 0 Å². The normalized spacial score (nSPS) is 21.6. The molecule has 0 spiro atoms. The Labute approximate surface area is 115 Å². The van der Waals surface area contributed by atoms with Crippen molar-refractivity contribution in [3.63, 3.8) is 0 Å². The van der Waals surface area contributed by atoms with E-state index < -0.39 is 0 Å². The first-order valence-electron chi connectivity index (χ1n) is 7.09. The molecule has 1 aromatic rings. The van der Waals surface area contributed by atoms with E-state index in [1.807, 2.05) is 6.20 Å². The molecular formula is C14H25N3S. The summed E-state index contributed by atoms with van der Waals surface area (Å²) in [7, 11) is 0. The highest BCUT2D eigenvalue weighted by atomic mass is 32.1. The summed E-state index contributed by atoms with van der Waals surface area (Å²) >= 11 is 1.77. The standard InChI is InChI=1S/C14H25N3S/c1-12(2)9-15-10-13-5-3-4-7-17(13)11-14-16-6-8-18-14/h6,8,12-13,15H,3-5,7,9-11H2,1-2H3. The van der Waals surface area contributed by atoms with Crippen LogP contribution in [0.4, 0.5) is 0 Å². The molecule has 1 saturated heterocycles. The fourth-order valence-electron chi connectivity index (χ4n) is 2.54. The van der Waals surface area contributed by atoms with Gasteiger partial charge in [-0.25, -0.2) is 4.98 Å². The van der Waals surface area contributed by atoms with Crippen LogP contribution in [-0.2, 0) is 6.54 Å². The van der Waals surface area contributed by atoms with Crippen LogP contribution in [0, 0.1) is 5.92 Å². The summed E-state index contributed by atoms with van der Waals surface area (Å²) in [4.78, 5) is 7.02. The van der Waals surface area contributed by atoms with Gasteiger partial charge in [-0.05, 0) is 31.8 Å². The van der Waals surface area contributed by atoms with E-state index in [1.54, 1.807) is 11.3 Å². The zero-order valence-electron chi connectivity index (χ0n) is 11.6. The van der Waals surface area contributed by atoms with E-state index in [1.165, 1.54) is 30.8 Å². The Morgan fingerprint density at radius 2 is 2.39 bits per heavy atom. The van der Waals surface area contributed by atoms with Crippen molar-refractivity contribution < 1.29 is 0 Å². The van der Waals surface area contributed by atoms with Gasteiger partial charge in [-0.2, -0.15) is 0 Å². The van der Waals surface area contributed by atoms with E-state index in [0.717, 1.165) is 25.6 Å². The summed E-state index contributed by atoms with van der Waals surface area (Å²) in [5.74, 6) is 0.737. The second-order valence-corrected chi connectivity index (χ2v) is 6.58. The molecule has 0 bridgehead atoms. The molecule has 2 heterocycles. The van der Waals surface area contributed by atoms with Crippen LogP contribution in [0.25, 0.3) is 0 Å². The van der Waals surface area contributed by atoms with Crippen molar-refractivity contribution in [2.45, 2.75) is 45.7 Å². The molecule has 1 unspecified atom stereocenters. The molecule has 1 aliphatic heterocycles. The zero-order chi connectivity index (χ0) is 12.8. The third-order valence-electron chi connectivity index (χ3n) is 3.50. The van der Waals surface area contributed by atoms with Crippen molar-refractivity contribution in [1.82, 2.24) is 15.2 Å². The van der Waals surface area contributed by atoms with Crippen molar-refractivity contribution in [3.05, 3.63) is 16.6 Å². The lowest BCUT2D eigenvalue weighted by atomic mass is 10.0. The van der Waals surface area contributed by atoms with Crippen molar-refractivity contribution in [2.24, 2.45) is 5.92 Å². The maximum Gasteiger partial charge on any atom is 0.107 e. The van der Waals surface area contributed by atoms with Gasteiger partial charge < -0.3 is 5.32 Å². The Kier molecular flexibility index (Phi) is 5.60. The molecule has 1 atom stereocenters. The van der Waals surface area contributed by atoms with E-state index in [-0.39, 0.29) is 0 Å². The molecule has 1 fully saturated rings. The molecule has 18 heavy (non-hydrogen) atoms. The lowest BCUT2D eigenvalue weighted by Gasteiger charge is -2.35. The monoisotopic (exact) mass is 267 g/mol. The highest BCUT2D eigenvalue weighted by Crippen LogP contribution is 2.20. The number of likely N-dealkylation sites (tertiary alicyclic amines) is 1. The second kappa shape index (κ2) is 7.22. The SMILES string of the molecule is CC(C)CNCC1CCCCN1Cc1nccs1. The van der Waals surface area contributed by atoms with Crippen LogP contribution in [-0.4, -0.2) is 35.6 Å². The second-order valence-electron chi connectivity index (χ2n) is 5.60. The van der Waals surface area contributed by atoms with E-state index in [0.29, 0.717) is 6.04 Å². The van der Waals surface area contributed by atoms with E-state index in [2.05, 4.69) is 34.4 Å². The smallest absolute Gasteiger partial charge is 0.107 e. The minimum absolute atomic E-state index is 0.696. The average Bonchev–Trinajstić information content (AvgIpc) is 2.84. The van der Waals surface area contributed by atoms with Crippen LogP contribution in [0.15, 0.2) is 11.6 Å². The summed E-state index contributed by atoms with van der Waals surface area (Å²) in [6.45, 7) is 9.05. The summed E-state index contributed by atoms with van der Waals surface area (Å²) < 4.78 is 0. The molecule has 0 amide bonds. The first-order valence-corrected chi connectivity index (χ1v) is 7.97. The first-order chi connectivity index (χ1) is 8.75. The highest BCUT2D eigenvalue weighted by Gasteiger charge is 2.22. The topological polar surface area (TPSA) is 28.2 Å². The maximum absolute atomic E-state index is 4.41. The van der Waals surface area contributed by atoms with Crippen molar-refractivity contribution in [3.8, 4) is 0 Å². The largest absolute Gasteiger partial charge is 0.315 e. The Balaban J connectivity index is 1.81. The Hall–Kier alpha value is -0.450. The predicted molar refractivity (Wildman–Crippen MR) is 77.9 cm³/mol. The zero-order valence-corrected chi connectivity index (χ0v) is 12.4. The molecular weight excluding hydrogens is 242 g/mol. The number of piperidine rings is 1. The molecule has 4 heteroatoms.